The third kappa shape index (κ3) is 4.18. The van der Waals surface area contributed by atoms with E-state index in [1.165, 1.54) is 10.6 Å². The van der Waals surface area contributed by atoms with E-state index in [1.54, 1.807) is 26.2 Å². The van der Waals surface area contributed by atoms with Gasteiger partial charge < -0.3 is 14.6 Å². The fraction of sp³-hybridized carbons (Fsp3) is 0.217. The maximum atomic E-state index is 12.6. The number of hydrogen-bond donors (Lipinski definition) is 1. The van der Waals surface area contributed by atoms with Crippen LogP contribution in [0.2, 0.25) is 0 Å². The van der Waals surface area contributed by atoms with E-state index < -0.39 is 6.04 Å². The summed E-state index contributed by atoms with van der Waals surface area (Å²) in [6.45, 7) is 3.52. The van der Waals surface area contributed by atoms with Crippen molar-refractivity contribution in [1.29, 1.82) is 0 Å². The molecule has 0 aliphatic heterocycles. The van der Waals surface area contributed by atoms with Crippen LogP contribution in [0.4, 0.5) is 0 Å². The second kappa shape index (κ2) is 8.43. The Morgan fingerprint density at radius 2 is 1.94 bits per heavy atom. The zero-order chi connectivity index (χ0) is 22.0. The second-order valence-electron chi connectivity index (χ2n) is 7.24. The third-order valence-electron chi connectivity index (χ3n) is 5.07. The number of para-hydroxylation sites is 1. The minimum atomic E-state index is -0.514. The lowest BCUT2D eigenvalue weighted by molar-refractivity contribution is -0.122. The topological polar surface area (TPSA) is 99.3 Å². The number of benzene rings is 2. The van der Waals surface area contributed by atoms with Crippen LogP contribution >= 0.6 is 0 Å². The Kier molecular flexibility index (Phi) is 5.53. The van der Waals surface area contributed by atoms with E-state index in [0.29, 0.717) is 5.82 Å². The molecule has 0 saturated carbocycles. The molecule has 4 aromatic rings. The quantitative estimate of drug-likeness (QED) is 0.516. The van der Waals surface area contributed by atoms with E-state index in [9.17, 15) is 9.59 Å². The molecule has 2 heterocycles. The molecule has 0 saturated heterocycles. The van der Waals surface area contributed by atoms with Gasteiger partial charge in [0, 0.05) is 17.0 Å². The number of rotatable bonds is 6. The molecule has 31 heavy (non-hydrogen) atoms. The highest BCUT2D eigenvalue weighted by molar-refractivity contribution is 5.84. The van der Waals surface area contributed by atoms with Gasteiger partial charge in [0.15, 0.2) is 0 Å². The molecule has 0 aliphatic rings. The average Bonchev–Trinajstić information content (AvgIpc) is 3.27. The van der Waals surface area contributed by atoms with Crippen molar-refractivity contribution >= 4 is 16.8 Å². The van der Waals surface area contributed by atoms with Crippen LogP contribution in [0.15, 0.2) is 63.9 Å². The molecule has 8 heteroatoms. The summed E-state index contributed by atoms with van der Waals surface area (Å²) in [4.78, 5) is 29.5. The number of ether oxygens (including phenoxy) is 1. The Bertz CT molecular complexity index is 1290. The molecule has 0 bridgehead atoms. The predicted molar refractivity (Wildman–Crippen MR) is 116 cm³/mol. The minimum Gasteiger partial charge on any atom is -0.497 e. The summed E-state index contributed by atoms with van der Waals surface area (Å²) in [5.41, 5.74) is 2.14. The molecule has 0 spiro atoms. The molecule has 0 unspecified atom stereocenters. The van der Waals surface area contributed by atoms with Gasteiger partial charge in [-0.25, -0.2) is 0 Å². The van der Waals surface area contributed by atoms with Crippen LogP contribution < -0.4 is 15.6 Å². The summed E-state index contributed by atoms with van der Waals surface area (Å²) in [5.74, 6) is 1.10. The van der Waals surface area contributed by atoms with E-state index in [4.69, 9.17) is 9.26 Å². The Hall–Kier alpha value is -3.94. The summed E-state index contributed by atoms with van der Waals surface area (Å²) in [5, 5.41) is 7.74. The van der Waals surface area contributed by atoms with Gasteiger partial charge in [-0.05, 0) is 49.7 Å². The van der Waals surface area contributed by atoms with Crippen molar-refractivity contribution in [2.24, 2.45) is 0 Å². The molecule has 1 N–H and O–H groups in total. The van der Waals surface area contributed by atoms with Crippen LogP contribution in [0.25, 0.3) is 22.3 Å². The van der Waals surface area contributed by atoms with Gasteiger partial charge in [-0.3, -0.25) is 14.2 Å². The highest BCUT2D eigenvalue weighted by atomic mass is 16.5. The predicted octanol–water partition coefficient (Wildman–Crippen LogP) is 3.25. The number of nitrogens with one attached hydrogen (secondary N) is 1. The summed E-state index contributed by atoms with van der Waals surface area (Å²) < 4.78 is 11.9. The number of hydrogen-bond acceptors (Lipinski definition) is 6. The standard InChI is InChI=1S/C23H22N4O4/c1-14-12-21(29)27(19-7-5-4-6-18(14)19)13-20(28)24-15(2)23-25-22(26-31-23)16-8-10-17(30-3)11-9-16/h4-12,15H,13H2,1-3H3,(H,24,28)/t15-/m0/s1. The van der Waals surface area contributed by atoms with Gasteiger partial charge in [0.1, 0.15) is 18.3 Å². The van der Waals surface area contributed by atoms with Crippen LogP contribution in [0.1, 0.15) is 24.4 Å². The summed E-state index contributed by atoms with van der Waals surface area (Å²) in [6, 6.07) is 15.8. The minimum absolute atomic E-state index is 0.108. The fourth-order valence-corrected chi connectivity index (χ4v) is 3.43. The zero-order valence-electron chi connectivity index (χ0n) is 17.5. The van der Waals surface area contributed by atoms with Crippen LogP contribution in [-0.2, 0) is 11.3 Å². The van der Waals surface area contributed by atoms with E-state index >= 15 is 0 Å². The maximum Gasteiger partial charge on any atom is 0.251 e. The SMILES string of the molecule is COc1ccc(-c2noc([C@H](C)NC(=O)Cn3c(=O)cc(C)c4ccccc43)n2)cc1. The largest absolute Gasteiger partial charge is 0.497 e. The molecule has 2 aromatic heterocycles. The molecular weight excluding hydrogens is 396 g/mol. The first kappa shape index (κ1) is 20.3. The molecule has 8 nitrogen and oxygen atoms in total. The number of aromatic nitrogens is 3. The lowest BCUT2D eigenvalue weighted by Gasteiger charge is -2.14. The Morgan fingerprint density at radius 3 is 2.68 bits per heavy atom. The van der Waals surface area contributed by atoms with Crippen LogP contribution in [0.5, 0.6) is 5.75 Å². The molecule has 0 fully saturated rings. The van der Waals surface area contributed by atoms with Crippen molar-refractivity contribution in [3.05, 3.63) is 76.4 Å². The van der Waals surface area contributed by atoms with Gasteiger partial charge >= 0.3 is 0 Å². The second-order valence-corrected chi connectivity index (χ2v) is 7.24. The molecule has 158 valence electrons. The first-order valence-corrected chi connectivity index (χ1v) is 9.83. The molecule has 4 rings (SSSR count). The number of nitrogens with zero attached hydrogens (tertiary/aromatic N) is 3. The number of amides is 1. The van der Waals surface area contributed by atoms with Crippen LogP contribution in [-0.4, -0.2) is 27.7 Å². The van der Waals surface area contributed by atoms with Gasteiger partial charge in [-0.1, -0.05) is 23.4 Å². The van der Waals surface area contributed by atoms with E-state index in [2.05, 4.69) is 15.5 Å². The number of carbonyl (C=O) groups is 1. The lowest BCUT2D eigenvalue weighted by Crippen LogP contribution is -2.34. The molecular formula is C23H22N4O4. The number of pyridine rings is 1. The number of carbonyl (C=O) groups excluding carboxylic acids is 1. The Morgan fingerprint density at radius 1 is 1.19 bits per heavy atom. The summed E-state index contributed by atoms with van der Waals surface area (Å²) in [7, 11) is 1.60. The van der Waals surface area contributed by atoms with Gasteiger partial charge in [0.25, 0.3) is 5.56 Å². The van der Waals surface area contributed by atoms with Crippen molar-refractivity contribution in [3.8, 4) is 17.1 Å². The molecule has 2 aromatic carbocycles. The molecule has 0 radical (unpaired) electrons. The van der Waals surface area contributed by atoms with E-state index in [1.807, 2.05) is 43.3 Å². The van der Waals surface area contributed by atoms with E-state index in [0.717, 1.165) is 27.8 Å². The zero-order valence-corrected chi connectivity index (χ0v) is 17.5. The van der Waals surface area contributed by atoms with Gasteiger partial charge in [0.2, 0.25) is 17.6 Å². The normalized spacial score (nSPS) is 12.0. The van der Waals surface area contributed by atoms with Crippen molar-refractivity contribution < 1.29 is 14.1 Å². The van der Waals surface area contributed by atoms with Crippen LogP contribution in [0, 0.1) is 6.92 Å². The highest BCUT2D eigenvalue weighted by Crippen LogP contribution is 2.21. The first-order valence-electron chi connectivity index (χ1n) is 9.83. The van der Waals surface area contributed by atoms with Gasteiger partial charge in [-0.15, -0.1) is 0 Å². The molecule has 1 amide bonds. The third-order valence-corrected chi connectivity index (χ3v) is 5.07. The van der Waals surface area contributed by atoms with Crippen LogP contribution in [0.3, 0.4) is 0 Å². The summed E-state index contributed by atoms with van der Waals surface area (Å²) >= 11 is 0. The lowest BCUT2D eigenvalue weighted by atomic mass is 10.1. The number of fused-ring (bicyclic) bond motifs is 1. The molecule has 1 atom stereocenters. The molecule has 0 aliphatic carbocycles. The number of aryl methyl sites for hydroxylation is 1. The average molecular weight is 418 g/mol. The smallest absolute Gasteiger partial charge is 0.251 e. The van der Waals surface area contributed by atoms with Crippen molar-refractivity contribution in [2.45, 2.75) is 26.4 Å². The first-order chi connectivity index (χ1) is 15.0. The van der Waals surface area contributed by atoms with Gasteiger partial charge in [-0.2, -0.15) is 4.98 Å². The van der Waals surface area contributed by atoms with Crippen molar-refractivity contribution in [3.63, 3.8) is 0 Å². The number of methoxy groups -OCH3 is 1. The maximum absolute atomic E-state index is 12.6. The van der Waals surface area contributed by atoms with E-state index in [-0.39, 0.29) is 23.9 Å². The Labute approximate surface area is 178 Å². The van der Waals surface area contributed by atoms with Gasteiger partial charge in [0.05, 0.1) is 12.6 Å². The Balaban J connectivity index is 1.49. The monoisotopic (exact) mass is 418 g/mol. The fourth-order valence-electron chi connectivity index (χ4n) is 3.43. The van der Waals surface area contributed by atoms with Crippen molar-refractivity contribution in [2.75, 3.05) is 7.11 Å². The summed E-state index contributed by atoms with van der Waals surface area (Å²) in [6.07, 6.45) is 0. The highest BCUT2D eigenvalue weighted by Gasteiger charge is 2.18. The van der Waals surface area contributed by atoms with Crippen molar-refractivity contribution in [1.82, 2.24) is 20.0 Å².